The maximum Gasteiger partial charge on any atom is 0.302 e. The first-order valence-corrected chi connectivity index (χ1v) is 18.9. The number of aryl methyl sites for hydroxylation is 1. The Morgan fingerprint density at radius 2 is 1.83 bits per heavy atom. The minimum atomic E-state index is -0.694. The Hall–Kier alpha value is -3.96. The number of allylic oxidation sites excluding steroid dienone is 2. The van der Waals surface area contributed by atoms with Crippen LogP contribution in [0.15, 0.2) is 48.4 Å². The highest BCUT2D eigenvalue weighted by Crippen LogP contribution is 2.51. The molecule has 7 N–H and O–H groups in total. The summed E-state index contributed by atoms with van der Waals surface area (Å²) < 4.78 is 17.5. The zero-order chi connectivity index (χ0) is 37.5. The van der Waals surface area contributed by atoms with Crippen LogP contribution >= 0.6 is 0 Å². The fourth-order valence-electron chi connectivity index (χ4n) is 9.38. The maximum absolute atomic E-state index is 12.7. The van der Waals surface area contributed by atoms with Crippen LogP contribution in [0.3, 0.4) is 0 Å². The predicted molar refractivity (Wildman–Crippen MR) is 199 cm³/mol. The third-order valence-electron chi connectivity index (χ3n) is 11.8. The van der Waals surface area contributed by atoms with E-state index in [0.717, 1.165) is 48.1 Å². The molecule has 11 nitrogen and oxygen atoms in total. The number of H-pyrrole nitrogens is 1. The van der Waals surface area contributed by atoms with Crippen LogP contribution in [-0.2, 0) is 31.9 Å². The second-order valence-corrected chi connectivity index (χ2v) is 15.6. The normalized spacial score (nSPS) is 27.3. The molecule has 2 bridgehead atoms. The molecule has 1 aromatic carbocycles. The number of hydrogen-bond donors (Lipinski definition) is 6. The van der Waals surface area contributed by atoms with E-state index in [1.807, 2.05) is 24.4 Å². The molecule has 2 aliphatic carbocycles. The second kappa shape index (κ2) is 17.7. The maximum atomic E-state index is 12.7. The number of rotatable bonds is 14. The first-order valence-electron chi connectivity index (χ1n) is 18.9. The summed E-state index contributed by atoms with van der Waals surface area (Å²) in [7, 11) is 1.50. The Labute approximate surface area is 308 Å². The summed E-state index contributed by atoms with van der Waals surface area (Å²) >= 11 is 0. The Bertz CT molecular complexity index is 1570. The van der Waals surface area contributed by atoms with Gasteiger partial charge in [0, 0.05) is 51.2 Å². The minimum Gasteiger partial charge on any atom is -0.504 e. The molecule has 52 heavy (non-hydrogen) atoms. The van der Waals surface area contributed by atoms with Gasteiger partial charge in [-0.25, -0.2) is 0 Å². The topological polar surface area (TPSA) is 176 Å². The molecule has 2 saturated carbocycles. The van der Waals surface area contributed by atoms with Crippen LogP contribution in [0, 0.1) is 41.4 Å². The molecule has 5 rings (SSSR count). The molecular formula is C41H59N3O8. The lowest BCUT2D eigenvalue weighted by molar-refractivity contribution is -0.158. The van der Waals surface area contributed by atoms with Gasteiger partial charge in [-0.15, -0.1) is 0 Å². The van der Waals surface area contributed by atoms with Gasteiger partial charge >= 0.3 is 11.9 Å². The summed E-state index contributed by atoms with van der Waals surface area (Å²) in [6, 6.07) is 7.57. The number of fused-ring (bicyclic) bond motifs is 2. The summed E-state index contributed by atoms with van der Waals surface area (Å²) in [5.41, 5.74) is 9.77. The van der Waals surface area contributed by atoms with E-state index >= 15 is 0 Å². The average molecular weight is 722 g/mol. The average Bonchev–Trinajstić information content (AvgIpc) is 3.61. The second-order valence-electron chi connectivity index (χ2n) is 15.6. The van der Waals surface area contributed by atoms with Crippen molar-refractivity contribution < 1.29 is 39.1 Å². The molecule has 11 heteroatoms. The van der Waals surface area contributed by atoms with Gasteiger partial charge in [-0.2, -0.15) is 0 Å². The number of aromatic hydroxyl groups is 1. The number of aromatic amines is 1. The van der Waals surface area contributed by atoms with Crippen LogP contribution in [0.5, 0.6) is 11.5 Å². The van der Waals surface area contributed by atoms with E-state index in [9.17, 15) is 24.9 Å². The Morgan fingerprint density at radius 1 is 1.06 bits per heavy atom. The van der Waals surface area contributed by atoms with E-state index in [4.69, 9.17) is 19.9 Å². The van der Waals surface area contributed by atoms with Gasteiger partial charge < -0.3 is 45.6 Å². The number of carbonyl (C=O) groups excluding carboxylic acids is 2. The lowest BCUT2D eigenvalue weighted by Crippen LogP contribution is -2.48. The van der Waals surface area contributed by atoms with Crippen molar-refractivity contribution in [2.24, 2.45) is 47.2 Å². The van der Waals surface area contributed by atoms with Gasteiger partial charge in [0.15, 0.2) is 11.5 Å². The monoisotopic (exact) mass is 721 g/mol. The predicted octanol–water partition coefficient (Wildman–Crippen LogP) is 5.24. The SMILES string of the molecule is COc1cc(CCC(CC(OC(C)=O)C2CC(CO)C(O)C3CC(C2)C(C(C)C)CC3Cc2ccc[nH]2)OC(C)=O)c(C2=CCNC(N)=C2)cc1O. The lowest BCUT2D eigenvalue weighted by atomic mass is 9.57. The van der Waals surface area contributed by atoms with Crippen molar-refractivity contribution in [3.05, 3.63) is 65.3 Å². The van der Waals surface area contributed by atoms with Crippen molar-refractivity contribution in [3.63, 3.8) is 0 Å². The van der Waals surface area contributed by atoms with Crippen molar-refractivity contribution in [2.45, 2.75) is 97.4 Å². The molecule has 0 saturated heterocycles. The third kappa shape index (κ3) is 9.72. The van der Waals surface area contributed by atoms with Crippen molar-refractivity contribution in [2.75, 3.05) is 20.3 Å². The first-order chi connectivity index (χ1) is 24.9. The van der Waals surface area contributed by atoms with Gasteiger partial charge in [0.2, 0.25) is 0 Å². The Kier molecular flexibility index (Phi) is 13.4. The molecule has 2 heterocycles. The molecule has 1 aromatic heterocycles. The molecule has 286 valence electrons. The molecule has 9 atom stereocenters. The first kappa shape index (κ1) is 39.3. The van der Waals surface area contributed by atoms with Gasteiger partial charge in [-0.05, 0) is 127 Å². The number of aromatic nitrogens is 1. The quantitative estimate of drug-likeness (QED) is 0.142. The highest BCUT2D eigenvalue weighted by molar-refractivity contribution is 5.79. The number of methoxy groups -OCH3 is 1. The highest BCUT2D eigenvalue weighted by Gasteiger charge is 2.47. The van der Waals surface area contributed by atoms with E-state index in [-0.39, 0.29) is 42.4 Å². The third-order valence-corrected chi connectivity index (χ3v) is 11.8. The molecule has 2 fully saturated rings. The molecule has 3 aliphatic rings. The number of benzene rings is 1. The van der Waals surface area contributed by atoms with Crippen LogP contribution in [-0.4, -0.2) is 70.8 Å². The van der Waals surface area contributed by atoms with E-state index in [0.29, 0.717) is 55.1 Å². The molecular weight excluding hydrogens is 662 g/mol. The van der Waals surface area contributed by atoms with Gasteiger partial charge in [-0.1, -0.05) is 19.9 Å². The summed E-state index contributed by atoms with van der Waals surface area (Å²) in [6.07, 6.45) is 9.01. The molecule has 1 aliphatic heterocycles. The van der Waals surface area contributed by atoms with E-state index in [1.54, 1.807) is 12.1 Å². The number of phenolic OH excluding ortho intramolecular Hbond substituents is 1. The fourth-order valence-corrected chi connectivity index (χ4v) is 9.38. The standard InChI is InChI=1S/C41H59N3O8/c1-23(2)34-16-29(15-32-7-6-11-43-32)36-17-28(34)13-30(14-31(22-45)41(36)49)38(52-25(4)47)20-33(51-24(3)46)9-8-26-18-39(50-5)37(48)21-35(26)27-10-12-44-40(42)19-27/h6-7,10-11,18-19,21,23,28-31,33-34,36,38,41,43-45,48-49H,8-9,12-17,20,22,42H2,1-5H3. The summed E-state index contributed by atoms with van der Waals surface area (Å²) in [5.74, 6) is 0.968. The van der Waals surface area contributed by atoms with Crippen molar-refractivity contribution in [3.8, 4) is 11.5 Å². The highest BCUT2D eigenvalue weighted by atomic mass is 16.6. The molecule has 0 amide bonds. The van der Waals surface area contributed by atoms with Crippen LogP contribution in [0.1, 0.15) is 83.0 Å². The molecule has 0 spiro atoms. The van der Waals surface area contributed by atoms with Crippen molar-refractivity contribution >= 4 is 17.5 Å². The van der Waals surface area contributed by atoms with Crippen LogP contribution in [0.2, 0.25) is 0 Å². The van der Waals surface area contributed by atoms with E-state index in [1.165, 1.54) is 21.0 Å². The smallest absolute Gasteiger partial charge is 0.302 e. The molecule has 0 radical (unpaired) electrons. The van der Waals surface area contributed by atoms with Crippen molar-refractivity contribution in [1.29, 1.82) is 0 Å². The van der Waals surface area contributed by atoms with E-state index in [2.05, 4.69) is 30.2 Å². The fraction of sp³-hybridized carbons (Fsp3) is 0.610. The van der Waals surface area contributed by atoms with Crippen LogP contribution < -0.4 is 15.8 Å². The van der Waals surface area contributed by atoms with Gasteiger partial charge in [0.1, 0.15) is 12.2 Å². The number of ether oxygens (including phenoxy) is 3. The Balaban J connectivity index is 1.41. The lowest BCUT2D eigenvalue weighted by Gasteiger charge is -2.50. The summed E-state index contributed by atoms with van der Waals surface area (Å²) in [4.78, 5) is 28.5. The Morgan fingerprint density at radius 3 is 2.46 bits per heavy atom. The number of aliphatic hydroxyl groups is 2. The number of esters is 2. The zero-order valence-corrected chi connectivity index (χ0v) is 31.3. The number of nitrogens with two attached hydrogens (primary N) is 1. The summed E-state index contributed by atoms with van der Waals surface area (Å²) in [5, 5.41) is 36.3. The number of phenols is 1. The van der Waals surface area contributed by atoms with Crippen LogP contribution in [0.25, 0.3) is 5.57 Å². The number of carbonyl (C=O) groups is 2. The van der Waals surface area contributed by atoms with Gasteiger partial charge in [0.25, 0.3) is 0 Å². The summed E-state index contributed by atoms with van der Waals surface area (Å²) in [6.45, 7) is 7.69. The van der Waals surface area contributed by atoms with Crippen molar-refractivity contribution in [1.82, 2.24) is 10.3 Å². The van der Waals surface area contributed by atoms with Gasteiger partial charge in [-0.3, -0.25) is 9.59 Å². The van der Waals surface area contributed by atoms with Gasteiger partial charge in [0.05, 0.1) is 19.0 Å². The molecule has 9 unspecified atom stereocenters. The number of aliphatic hydroxyl groups excluding tert-OH is 2. The minimum absolute atomic E-state index is 0.00397. The van der Waals surface area contributed by atoms with Crippen LogP contribution in [0.4, 0.5) is 0 Å². The van der Waals surface area contributed by atoms with E-state index < -0.39 is 30.3 Å². The number of nitrogens with one attached hydrogen (secondary N) is 2. The number of hydrogen-bond acceptors (Lipinski definition) is 10. The zero-order valence-electron chi connectivity index (χ0n) is 31.3. The largest absolute Gasteiger partial charge is 0.504 e. The number of dihydropyridines is 1. The molecule has 2 aromatic rings.